The van der Waals surface area contributed by atoms with E-state index in [-0.39, 0.29) is 24.7 Å². The third-order valence-corrected chi connectivity index (χ3v) is 2.56. The highest BCUT2D eigenvalue weighted by Gasteiger charge is 2.29. The standard InChI is InChI=1S/C10H16N2O4/c1-12-6-5-7(10(12)16)11-8(13)3-2-4-9(14)15/h7H,2-6H2,1H3,(H,11,13)(H,14,15). The molecule has 1 fully saturated rings. The Bertz CT molecular complexity index is 303. The Balaban J connectivity index is 2.24. The molecule has 0 spiro atoms. The van der Waals surface area contributed by atoms with Crippen molar-refractivity contribution in [1.29, 1.82) is 0 Å². The van der Waals surface area contributed by atoms with Crippen molar-refractivity contribution in [3.8, 4) is 0 Å². The Morgan fingerprint density at radius 1 is 1.50 bits per heavy atom. The van der Waals surface area contributed by atoms with Gasteiger partial charge in [0.1, 0.15) is 6.04 Å². The van der Waals surface area contributed by atoms with Crippen molar-refractivity contribution in [2.24, 2.45) is 0 Å². The van der Waals surface area contributed by atoms with Gasteiger partial charge in [-0.1, -0.05) is 0 Å². The van der Waals surface area contributed by atoms with Crippen molar-refractivity contribution < 1.29 is 19.5 Å². The Kier molecular flexibility index (Phi) is 4.28. The van der Waals surface area contributed by atoms with Gasteiger partial charge in [-0.15, -0.1) is 0 Å². The third kappa shape index (κ3) is 3.52. The van der Waals surface area contributed by atoms with Gasteiger partial charge in [0.2, 0.25) is 11.8 Å². The van der Waals surface area contributed by atoms with Crippen LogP contribution in [-0.4, -0.2) is 47.4 Å². The lowest BCUT2D eigenvalue weighted by molar-refractivity contribution is -0.137. The lowest BCUT2D eigenvalue weighted by atomic mass is 10.2. The number of carbonyl (C=O) groups is 3. The summed E-state index contributed by atoms with van der Waals surface area (Å²) in [6.07, 6.45) is 1.06. The first kappa shape index (κ1) is 12.5. The summed E-state index contributed by atoms with van der Waals surface area (Å²) in [6.45, 7) is 0.652. The van der Waals surface area contributed by atoms with Crippen LogP contribution < -0.4 is 5.32 Å². The summed E-state index contributed by atoms with van der Waals surface area (Å²) in [5.41, 5.74) is 0. The molecule has 2 amide bonds. The second-order valence-corrected chi connectivity index (χ2v) is 3.92. The Labute approximate surface area is 93.6 Å². The minimum atomic E-state index is -0.913. The summed E-state index contributed by atoms with van der Waals surface area (Å²) in [6, 6.07) is -0.428. The molecule has 0 aromatic rings. The molecule has 6 nitrogen and oxygen atoms in total. The van der Waals surface area contributed by atoms with E-state index in [4.69, 9.17) is 5.11 Å². The molecule has 1 aliphatic heterocycles. The number of rotatable bonds is 5. The zero-order valence-corrected chi connectivity index (χ0v) is 9.23. The minimum Gasteiger partial charge on any atom is -0.481 e. The molecule has 1 aliphatic rings. The summed E-state index contributed by atoms with van der Waals surface area (Å²) >= 11 is 0. The van der Waals surface area contributed by atoms with Gasteiger partial charge in [-0.3, -0.25) is 14.4 Å². The maximum absolute atomic E-state index is 11.4. The first-order valence-corrected chi connectivity index (χ1v) is 5.27. The van der Waals surface area contributed by atoms with Crippen LogP contribution in [0.3, 0.4) is 0 Å². The van der Waals surface area contributed by atoms with Gasteiger partial charge in [0, 0.05) is 26.4 Å². The van der Waals surface area contributed by atoms with Crippen LogP contribution in [0, 0.1) is 0 Å². The summed E-state index contributed by atoms with van der Waals surface area (Å²) in [4.78, 5) is 34.6. The van der Waals surface area contributed by atoms with Gasteiger partial charge in [0.15, 0.2) is 0 Å². The highest BCUT2D eigenvalue weighted by Crippen LogP contribution is 2.08. The van der Waals surface area contributed by atoms with Crippen LogP contribution in [0.5, 0.6) is 0 Å². The lowest BCUT2D eigenvalue weighted by Crippen LogP contribution is -2.40. The highest BCUT2D eigenvalue weighted by atomic mass is 16.4. The van der Waals surface area contributed by atoms with E-state index < -0.39 is 12.0 Å². The molecule has 16 heavy (non-hydrogen) atoms. The quantitative estimate of drug-likeness (QED) is 0.669. The molecule has 0 aromatic carbocycles. The fourth-order valence-electron chi connectivity index (χ4n) is 1.62. The fourth-order valence-corrected chi connectivity index (χ4v) is 1.62. The summed E-state index contributed by atoms with van der Waals surface area (Å²) < 4.78 is 0. The van der Waals surface area contributed by atoms with E-state index in [1.807, 2.05) is 0 Å². The largest absolute Gasteiger partial charge is 0.481 e. The summed E-state index contributed by atoms with van der Waals surface area (Å²) in [7, 11) is 1.69. The first-order chi connectivity index (χ1) is 7.50. The number of amides is 2. The van der Waals surface area contributed by atoms with Crippen LogP contribution in [0.2, 0.25) is 0 Å². The maximum Gasteiger partial charge on any atom is 0.303 e. The van der Waals surface area contributed by atoms with Crippen LogP contribution in [0.4, 0.5) is 0 Å². The number of hydrogen-bond acceptors (Lipinski definition) is 3. The number of carboxylic acid groups (broad SMARTS) is 1. The molecule has 0 bridgehead atoms. The van der Waals surface area contributed by atoms with Crippen molar-refractivity contribution in [2.45, 2.75) is 31.7 Å². The van der Waals surface area contributed by atoms with Crippen LogP contribution >= 0.6 is 0 Å². The van der Waals surface area contributed by atoms with Gasteiger partial charge < -0.3 is 15.3 Å². The van der Waals surface area contributed by atoms with Crippen LogP contribution in [0.15, 0.2) is 0 Å². The van der Waals surface area contributed by atoms with E-state index in [1.165, 1.54) is 0 Å². The van der Waals surface area contributed by atoms with Crippen molar-refractivity contribution in [2.75, 3.05) is 13.6 Å². The molecule has 1 unspecified atom stereocenters. The zero-order valence-electron chi connectivity index (χ0n) is 9.23. The Morgan fingerprint density at radius 2 is 2.19 bits per heavy atom. The van der Waals surface area contributed by atoms with E-state index in [0.717, 1.165) is 0 Å². The second kappa shape index (κ2) is 5.48. The molecule has 1 saturated heterocycles. The van der Waals surface area contributed by atoms with E-state index in [0.29, 0.717) is 19.4 Å². The predicted molar refractivity (Wildman–Crippen MR) is 55.7 cm³/mol. The first-order valence-electron chi connectivity index (χ1n) is 5.27. The Hall–Kier alpha value is -1.59. The monoisotopic (exact) mass is 228 g/mol. The van der Waals surface area contributed by atoms with Crippen LogP contribution in [0.25, 0.3) is 0 Å². The number of carboxylic acids is 1. The second-order valence-electron chi connectivity index (χ2n) is 3.92. The van der Waals surface area contributed by atoms with E-state index >= 15 is 0 Å². The number of carbonyl (C=O) groups excluding carboxylic acids is 2. The molecule has 1 rings (SSSR count). The van der Waals surface area contributed by atoms with Crippen molar-refractivity contribution >= 4 is 17.8 Å². The molecular formula is C10H16N2O4. The van der Waals surface area contributed by atoms with E-state index in [1.54, 1.807) is 11.9 Å². The number of aliphatic carboxylic acids is 1. The number of likely N-dealkylation sites (N-methyl/N-ethyl adjacent to an activating group) is 1. The molecule has 90 valence electrons. The fraction of sp³-hybridized carbons (Fsp3) is 0.700. The molecule has 1 atom stereocenters. The summed E-state index contributed by atoms with van der Waals surface area (Å²) in [5.74, 6) is -1.24. The minimum absolute atomic E-state index is 0.0219. The lowest BCUT2D eigenvalue weighted by Gasteiger charge is -2.11. The zero-order chi connectivity index (χ0) is 12.1. The van der Waals surface area contributed by atoms with Gasteiger partial charge in [-0.25, -0.2) is 0 Å². The topological polar surface area (TPSA) is 86.7 Å². The number of hydrogen-bond donors (Lipinski definition) is 2. The Morgan fingerprint density at radius 3 is 2.69 bits per heavy atom. The molecule has 0 aliphatic carbocycles. The van der Waals surface area contributed by atoms with Crippen LogP contribution in [0.1, 0.15) is 25.7 Å². The highest BCUT2D eigenvalue weighted by molar-refractivity contribution is 5.89. The van der Waals surface area contributed by atoms with Crippen molar-refractivity contribution in [1.82, 2.24) is 10.2 Å². The average molecular weight is 228 g/mol. The van der Waals surface area contributed by atoms with Crippen LogP contribution in [-0.2, 0) is 14.4 Å². The molecular weight excluding hydrogens is 212 g/mol. The molecule has 1 heterocycles. The number of nitrogens with one attached hydrogen (secondary N) is 1. The van der Waals surface area contributed by atoms with E-state index in [9.17, 15) is 14.4 Å². The number of nitrogens with zero attached hydrogens (tertiary/aromatic N) is 1. The van der Waals surface area contributed by atoms with Crippen molar-refractivity contribution in [3.63, 3.8) is 0 Å². The average Bonchev–Trinajstić information content (AvgIpc) is 2.49. The SMILES string of the molecule is CN1CCC(NC(=O)CCCC(=O)O)C1=O. The molecule has 0 saturated carbocycles. The smallest absolute Gasteiger partial charge is 0.303 e. The van der Waals surface area contributed by atoms with Gasteiger partial charge in [-0.05, 0) is 12.8 Å². The molecule has 0 radical (unpaired) electrons. The predicted octanol–water partition coefficient (Wildman–Crippen LogP) is -0.412. The van der Waals surface area contributed by atoms with Gasteiger partial charge in [-0.2, -0.15) is 0 Å². The maximum atomic E-state index is 11.4. The molecule has 6 heteroatoms. The van der Waals surface area contributed by atoms with Gasteiger partial charge >= 0.3 is 5.97 Å². The third-order valence-electron chi connectivity index (χ3n) is 2.56. The molecule has 2 N–H and O–H groups in total. The number of likely N-dealkylation sites (tertiary alicyclic amines) is 1. The molecule has 0 aromatic heterocycles. The van der Waals surface area contributed by atoms with Gasteiger partial charge in [0.05, 0.1) is 0 Å². The van der Waals surface area contributed by atoms with Crippen molar-refractivity contribution in [3.05, 3.63) is 0 Å². The van der Waals surface area contributed by atoms with E-state index in [2.05, 4.69) is 5.32 Å². The summed E-state index contributed by atoms with van der Waals surface area (Å²) in [5, 5.41) is 11.0. The van der Waals surface area contributed by atoms with Gasteiger partial charge in [0.25, 0.3) is 0 Å². The normalized spacial score (nSPS) is 19.9.